The molecule has 0 spiro atoms. The fourth-order valence-corrected chi connectivity index (χ4v) is 2.41. The molecule has 1 unspecified atom stereocenters. The standard InChI is InChI=1S/C14H22BrClN2/c1-10(2)14(9-18(3)4)17-8-11-7-12(16)5-6-13(11)15/h5-7,10,14,17H,8-9H2,1-4H3. The quantitative estimate of drug-likeness (QED) is 0.852. The van der Waals surface area contributed by atoms with Crippen LogP contribution in [0.4, 0.5) is 0 Å². The predicted molar refractivity (Wildman–Crippen MR) is 83.2 cm³/mol. The molecule has 0 bridgehead atoms. The summed E-state index contributed by atoms with van der Waals surface area (Å²) in [7, 11) is 4.21. The highest BCUT2D eigenvalue weighted by molar-refractivity contribution is 9.10. The third-order valence-electron chi connectivity index (χ3n) is 2.93. The van der Waals surface area contributed by atoms with E-state index in [-0.39, 0.29) is 0 Å². The number of halogens is 2. The maximum atomic E-state index is 6.02. The third kappa shape index (κ3) is 5.27. The van der Waals surface area contributed by atoms with E-state index in [9.17, 15) is 0 Å². The lowest BCUT2D eigenvalue weighted by Gasteiger charge is -2.26. The van der Waals surface area contributed by atoms with Crippen molar-refractivity contribution in [3.8, 4) is 0 Å². The highest BCUT2D eigenvalue weighted by Crippen LogP contribution is 2.21. The fourth-order valence-electron chi connectivity index (χ4n) is 1.82. The monoisotopic (exact) mass is 332 g/mol. The van der Waals surface area contributed by atoms with Crippen molar-refractivity contribution in [1.29, 1.82) is 0 Å². The van der Waals surface area contributed by atoms with Gasteiger partial charge in [-0.15, -0.1) is 0 Å². The Labute approximate surface area is 124 Å². The molecule has 1 aromatic rings. The molecule has 0 heterocycles. The van der Waals surface area contributed by atoms with Crippen LogP contribution in [0.15, 0.2) is 22.7 Å². The molecule has 0 saturated carbocycles. The highest BCUT2D eigenvalue weighted by Gasteiger charge is 2.14. The van der Waals surface area contributed by atoms with E-state index >= 15 is 0 Å². The molecule has 0 fully saturated rings. The summed E-state index contributed by atoms with van der Waals surface area (Å²) < 4.78 is 1.10. The minimum absolute atomic E-state index is 0.478. The van der Waals surface area contributed by atoms with Crippen molar-refractivity contribution < 1.29 is 0 Å². The summed E-state index contributed by atoms with van der Waals surface area (Å²) in [5.74, 6) is 0.602. The molecule has 0 radical (unpaired) electrons. The molecule has 102 valence electrons. The Morgan fingerprint density at radius 3 is 2.56 bits per heavy atom. The van der Waals surface area contributed by atoms with Gasteiger partial charge in [-0.05, 0) is 43.8 Å². The Hall–Kier alpha value is -0.0900. The second-order valence-electron chi connectivity index (χ2n) is 5.23. The molecule has 0 aromatic heterocycles. The minimum atomic E-state index is 0.478. The molecule has 4 heteroatoms. The molecule has 0 saturated heterocycles. The van der Waals surface area contributed by atoms with Crippen molar-refractivity contribution in [2.75, 3.05) is 20.6 Å². The summed E-state index contributed by atoms with van der Waals surface area (Å²) in [5, 5.41) is 4.39. The van der Waals surface area contributed by atoms with Gasteiger partial charge in [-0.1, -0.05) is 41.4 Å². The molecule has 1 aromatic carbocycles. The third-order valence-corrected chi connectivity index (χ3v) is 3.94. The Morgan fingerprint density at radius 1 is 1.33 bits per heavy atom. The zero-order chi connectivity index (χ0) is 13.7. The minimum Gasteiger partial charge on any atom is -0.308 e. The van der Waals surface area contributed by atoms with E-state index < -0.39 is 0 Å². The second-order valence-corrected chi connectivity index (χ2v) is 6.52. The van der Waals surface area contributed by atoms with Gasteiger partial charge in [-0.25, -0.2) is 0 Å². The van der Waals surface area contributed by atoms with E-state index in [0.717, 1.165) is 22.6 Å². The van der Waals surface area contributed by atoms with Crippen molar-refractivity contribution >= 4 is 27.5 Å². The SMILES string of the molecule is CC(C)C(CN(C)C)NCc1cc(Cl)ccc1Br. The van der Waals surface area contributed by atoms with Crippen LogP contribution in [0.2, 0.25) is 5.02 Å². The van der Waals surface area contributed by atoms with Crippen molar-refractivity contribution in [1.82, 2.24) is 10.2 Å². The number of hydrogen-bond donors (Lipinski definition) is 1. The lowest BCUT2D eigenvalue weighted by Crippen LogP contribution is -2.41. The van der Waals surface area contributed by atoms with Gasteiger partial charge in [-0.2, -0.15) is 0 Å². The van der Waals surface area contributed by atoms with E-state index in [0.29, 0.717) is 12.0 Å². The van der Waals surface area contributed by atoms with Gasteiger partial charge in [0.25, 0.3) is 0 Å². The summed E-state index contributed by atoms with van der Waals surface area (Å²) in [6, 6.07) is 6.38. The number of hydrogen-bond acceptors (Lipinski definition) is 2. The first-order chi connectivity index (χ1) is 8.40. The summed E-state index contributed by atoms with van der Waals surface area (Å²) in [6.07, 6.45) is 0. The topological polar surface area (TPSA) is 15.3 Å². The number of nitrogens with zero attached hydrogens (tertiary/aromatic N) is 1. The second kappa shape index (κ2) is 7.49. The number of nitrogens with one attached hydrogen (secondary N) is 1. The maximum absolute atomic E-state index is 6.02. The summed E-state index contributed by atoms with van der Waals surface area (Å²) >= 11 is 9.58. The van der Waals surface area contributed by atoms with Gasteiger partial charge in [0.1, 0.15) is 0 Å². The van der Waals surface area contributed by atoms with Gasteiger partial charge in [0, 0.05) is 28.6 Å². The predicted octanol–water partition coefficient (Wildman–Crippen LogP) is 3.78. The van der Waals surface area contributed by atoms with Crippen LogP contribution in [0.5, 0.6) is 0 Å². The molecule has 1 rings (SSSR count). The zero-order valence-corrected chi connectivity index (χ0v) is 13.8. The van der Waals surface area contributed by atoms with Crippen LogP contribution in [0, 0.1) is 5.92 Å². The Bertz CT molecular complexity index is 380. The first-order valence-electron chi connectivity index (χ1n) is 6.22. The Morgan fingerprint density at radius 2 is 2.00 bits per heavy atom. The summed E-state index contributed by atoms with van der Waals surface area (Å²) in [6.45, 7) is 6.36. The van der Waals surface area contributed by atoms with Crippen LogP contribution in [-0.4, -0.2) is 31.6 Å². The molecule has 0 amide bonds. The van der Waals surface area contributed by atoms with Gasteiger partial charge in [0.05, 0.1) is 0 Å². The van der Waals surface area contributed by atoms with Gasteiger partial charge in [0.2, 0.25) is 0 Å². The molecule has 1 atom stereocenters. The van der Waals surface area contributed by atoms with Crippen LogP contribution in [0.1, 0.15) is 19.4 Å². The maximum Gasteiger partial charge on any atom is 0.0410 e. The van der Waals surface area contributed by atoms with Crippen LogP contribution in [0.3, 0.4) is 0 Å². The molecule has 2 nitrogen and oxygen atoms in total. The summed E-state index contributed by atoms with van der Waals surface area (Å²) in [4.78, 5) is 2.21. The molecular formula is C14H22BrClN2. The fraction of sp³-hybridized carbons (Fsp3) is 0.571. The van der Waals surface area contributed by atoms with E-state index in [1.54, 1.807) is 0 Å². The van der Waals surface area contributed by atoms with Crippen LogP contribution in [0.25, 0.3) is 0 Å². The number of likely N-dealkylation sites (N-methyl/N-ethyl adjacent to an activating group) is 1. The Balaban J connectivity index is 2.63. The van der Waals surface area contributed by atoms with Gasteiger partial charge in [-0.3, -0.25) is 0 Å². The van der Waals surface area contributed by atoms with Crippen molar-refractivity contribution in [3.63, 3.8) is 0 Å². The first-order valence-corrected chi connectivity index (χ1v) is 7.39. The molecule has 1 N–H and O–H groups in total. The smallest absolute Gasteiger partial charge is 0.0410 e. The highest BCUT2D eigenvalue weighted by atomic mass is 79.9. The van der Waals surface area contributed by atoms with Crippen LogP contribution >= 0.6 is 27.5 Å². The average Bonchev–Trinajstić information content (AvgIpc) is 2.27. The molecule has 0 aliphatic rings. The molecule has 18 heavy (non-hydrogen) atoms. The zero-order valence-electron chi connectivity index (χ0n) is 11.5. The normalized spacial score (nSPS) is 13.3. The van der Waals surface area contributed by atoms with Crippen LogP contribution < -0.4 is 5.32 Å². The van der Waals surface area contributed by atoms with Crippen molar-refractivity contribution in [2.45, 2.75) is 26.4 Å². The average molecular weight is 334 g/mol. The van der Waals surface area contributed by atoms with E-state index in [1.807, 2.05) is 18.2 Å². The lowest BCUT2D eigenvalue weighted by molar-refractivity contribution is 0.288. The molecule has 0 aliphatic carbocycles. The molecule has 0 aliphatic heterocycles. The van der Waals surface area contributed by atoms with Crippen molar-refractivity contribution in [3.05, 3.63) is 33.3 Å². The van der Waals surface area contributed by atoms with Crippen LogP contribution in [-0.2, 0) is 6.54 Å². The van der Waals surface area contributed by atoms with Gasteiger partial charge in [0.15, 0.2) is 0 Å². The summed E-state index contributed by atoms with van der Waals surface area (Å²) in [5.41, 5.74) is 1.20. The number of benzene rings is 1. The van der Waals surface area contributed by atoms with E-state index in [2.05, 4.69) is 54.1 Å². The number of rotatable bonds is 6. The van der Waals surface area contributed by atoms with Crippen molar-refractivity contribution in [2.24, 2.45) is 5.92 Å². The largest absolute Gasteiger partial charge is 0.308 e. The van der Waals surface area contributed by atoms with Gasteiger partial charge < -0.3 is 10.2 Å². The first kappa shape index (κ1) is 16.0. The van der Waals surface area contributed by atoms with Gasteiger partial charge >= 0.3 is 0 Å². The van der Waals surface area contributed by atoms with E-state index in [4.69, 9.17) is 11.6 Å². The lowest BCUT2D eigenvalue weighted by atomic mass is 10.0. The molecular weight excluding hydrogens is 312 g/mol. The Kier molecular flexibility index (Phi) is 6.64. The van der Waals surface area contributed by atoms with E-state index in [1.165, 1.54) is 5.56 Å².